The van der Waals surface area contributed by atoms with E-state index in [4.69, 9.17) is 9.47 Å². The first-order chi connectivity index (χ1) is 19.1. The molecule has 2 N–H and O–H groups in total. The van der Waals surface area contributed by atoms with Crippen molar-refractivity contribution in [1.29, 1.82) is 0 Å². The Morgan fingerprint density at radius 3 is 2.60 bits per heavy atom. The van der Waals surface area contributed by atoms with Gasteiger partial charge in [-0.1, -0.05) is 0 Å². The van der Waals surface area contributed by atoms with Gasteiger partial charge in [-0.25, -0.2) is 13.2 Å². The topological polar surface area (TPSA) is 92.1 Å². The Labute approximate surface area is 229 Å². The molecule has 3 aromatic rings. The van der Waals surface area contributed by atoms with E-state index < -0.39 is 40.8 Å². The van der Waals surface area contributed by atoms with Gasteiger partial charge in [0.2, 0.25) is 5.82 Å². The van der Waals surface area contributed by atoms with Crippen LogP contribution in [-0.2, 0) is 11.4 Å². The molecule has 2 heterocycles. The van der Waals surface area contributed by atoms with Gasteiger partial charge in [-0.2, -0.15) is 4.39 Å². The largest absolute Gasteiger partial charge is 0.497 e. The fourth-order valence-electron chi connectivity index (χ4n) is 5.44. The number of aliphatic hydroxyl groups excluding tert-OH is 1. The van der Waals surface area contributed by atoms with Gasteiger partial charge in [0.1, 0.15) is 24.3 Å². The van der Waals surface area contributed by atoms with Crippen molar-refractivity contribution in [3.63, 3.8) is 0 Å². The first-order valence-electron chi connectivity index (χ1n) is 13.1. The number of nitrogens with zero attached hydrogens (tertiary/aromatic N) is 2. The number of fused-ring (bicyclic) bond motifs is 1. The molecule has 1 aliphatic rings. The van der Waals surface area contributed by atoms with E-state index in [-0.39, 0.29) is 26.1 Å². The third-order valence-electron chi connectivity index (χ3n) is 7.68. The first kappa shape index (κ1) is 29.5. The highest BCUT2D eigenvalue weighted by molar-refractivity contribution is 5.85. The Morgan fingerprint density at radius 2 is 1.93 bits per heavy atom. The van der Waals surface area contributed by atoms with Crippen LogP contribution in [0.4, 0.5) is 17.6 Å². The Balaban J connectivity index is 1.41. The van der Waals surface area contributed by atoms with Crippen molar-refractivity contribution in [3.05, 3.63) is 65.1 Å². The third-order valence-corrected chi connectivity index (χ3v) is 7.68. The molecule has 4 rings (SSSR count). The van der Waals surface area contributed by atoms with Crippen LogP contribution in [0.1, 0.15) is 49.4 Å². The van der Waals surface area contributed by atoms with Gasteiger partial charge >= 0.3 is 5.97 Å². The Bertz CT molecular complexity index is 1340. The molecule has 0 aliphatic carbocycles. The van der Waals surface area contributed by atoms with Crippen molar-refractivity contribution in [1.82, 2.24) is 9.88 Å². The maximum atomic E-state index is 15.9. The zero-order chi connectivity index (χ0) is 28.9. The van der Waals surface area contributed by atoms with Gasteiger partial charge < -0.3 is 19.7 Å². The minimum absolute atomic E-state index is 0.0131. The monoisotopic (exact) mass is 564 g/mol. The van der Waals surface area contributed by atoms with E-state index in [0.717, 1.165) is 6.07 Å². The number of methoxy groups -OCH3 is 1. The Kier molecular flexibility index (Phi) is 9.47. The first-order valence-corrected chi connectivity index (χ1v) is 13.1. The van der Waals surface area contributed by atoms with Crippen molar-refractivity contribution in [3.8, 4) is 11.5 Å². The molecule has 216 valence electrons. The van der Waals surface area contributed by atoms with Gasteiger partial charge in [-0.15, -0.1) is 0 Å². The molecular formula is C29H32F4N2O5. The predicted molar refractivity (Wildman–Crippen MR) is 139 cm³/mol. The highest BCUT2D eigenvalue weighted by atomic mass is 19.2. The van der Waals surface area contributed by atoms with E-state index in [0.29, 0.717) is 72.7 Å². The van der Waals surface area contributed by atoms with Gasteiger partial charge in [0.05, 0.1) is 25.7 Å². The minimum atomic E-state index is -1.46. The van der Waals surface area contributed by atoms with E-state index in [1.807, 2.05) is 4.90 Å². The van der Waals surface area contributed by atoms with Crippen LogP contribution in [0.3, 0.4) is 0 Å². The number of ether oxygens (including phenoxy) is 2. The summed E-state index contributed by atoms with van der Waals surface area (Å²) in [5.41, 5.74) is 0.621. The van der Waals surface area contributed by atoms with Crippen LogP contribution < -0.4 is 9.47 Å². The van der Waals surface area contributed by atoms with Crippen LogP contribution in [-0.4, -0.2) is 59.4 Å². The molecule has 7 nitrogen and oxygen atoms in total. The smallest absolute Gasteiger partial charge is 0.303 e. The van der Waals surface area contributed by atoms with Crippen LogP contribution in [0.25, 0.3) is 10.9 Å². The molecule has 40 heavy (non-hydrogen) atoms. The second-order valence-electron chi connectivity index (χ2n) is 10.2. The standard InChI is InChI=1S/C29H32F4N2O5/c1-39-20-2-3-24-21(14-20)27(18(17-36)16-34-24)22(31)4-5-29(15-26(37)38)6-8-35(9-7-29)10-11-40-25-13-19(30)12-23(32)28(25)33/h2-3,12-14,16,22,36H,4-11,15,17H2,1H3,(H,37,38). The predicted octanol–water partition coefficient (Wildman–Crippen LogP) is 5.58. The number of carboxylic acids is 1. The highest BCUT2D eigenvalue weighted by Crippen LogP contribution is 2.43. The molecule has 1 atom stereocenters. The molecule has 2 aromatic carbocycles. The van der Waals surface area contributed by atoms with Gasteiger partial charge in [-0.3, -0.25) is 14.7 Å². The molecule has 1 aromatic heterocycles. The second kappa shape index (κ2) is 12.8. The Hall–Kier alpha value is -3.44. The van der Waals surface area contributed by atoms with Crippen LogP contribution in [0, 0.1) is 22.9 Å². The lowest BCUT2D eigenvalue weighted by atomic mass is 9.71. The van der Waals surface area contributed by atoms with E-state index >= 15 is 4.39 Å². The fourth-order valence-corrected chi connectivity index (χ4v) is 5.44. The molecule has 1 aliphatic heterocycles. The van der Waals surface area contributed by atoms with Crippen LogP contribution in [0.5, 0.6) is 11.5 Å². The number of hydrogen-bond donors (Lipinski definition) is 2. The number of benzene rings is 2. The number of aliphatic hydroxyl groups is 1. The van der Waals surface area contributed by atoms with Crippen molar-refractivity contribution in [2.24, 2.45) is 5.41 Å². The fraction of sp³-hybridized carbons (Fsp3) is 0.448. The van der Waals surface area contributed by atoms with Gasteiger partial charge in [0, 0.05) is 41.4 Å². The summed E-state index contributed by atoms with van der Waals surface area (Å²) in [5.74, 6) is -4.48. The van der Waals surface area contributed by atoms with Gasteiger partial charge in [0.25, 0.3) is 0 Å². The quantitative estimate of drug-likeness (QED) is 0.219. The SMILES string of the molecule is COc1ccc2ncc(CO)c(C(F)CCC3(CC(=O)O)CCN(CCOc4cc(F)cc(F)c4F)CC3)c2c1. The zero-order valence-corrected chi connectivity index (χ0v) is 22.1. The lowest BCUT2D eigenvalue weighted by molar-refractivity contribution is -0.141. The zero-order valence-electron chi connectivity index (χ0n) is 22.1. The number of rotatable bonds is 12. The Morgan fingerprint density at radius 1 is 1.18 bits per heavy atom. The highest BCUT2D eigenvalue weighted by Gasteiger charge is 2.37. The summed E-state index contributed by atoms with van der Waals surface area (Å²) in [7, 11) is 1.50. The number of halogens is 4. The number of carboxylic acid groups (broad SMARTS) is 1. The number of carbonyl (C=O) groups is 1. The van der Waals surface area contributed by atoms with Gasteiger partial charge in [-0.05, 0) is 62.4 Å². The molecule has 0 saturated carbocycles. The average molecular weight is 565 g/mol. The van der Waals surface area contributed by atoms with Gasteiger partial charge in [0.15, 0.2) is 11.6 Å². The number of pyridine rings is 1. The lowest BCUT2D eigenvalue weighted by Gasteiger charge is -2.41. The number of likely N-dealkylation sites (tertiary alicyclic amines) is 1. The van der Waals surface area contributed by atoms with Crippen molar-refractivity contribution in [2.75, 3.05) is 33.4 Å². The van der Waals surface area contributed by atoms with Crippen LogP contribution in [0.15, 0.2) is 36.5 Å². The van der Waals surface area contributed by atoms with E-state index in [2.05, 4.69) is 4.98 Å². The van der Waals surface area contributed by atoms with Crippen LogP contribution >= 0.6 is 0 Å². The number of piperidine rings is 1. The summed E-state index contributed by atoms with van der Waals surface area (Å²) in [6.45, 7) is 0.951. The molecule has 0 radical (unpaired) electrons. The lowest BCUT2D eigenvalue weighted by Crippen LogP contribution is -2.42. The molecule has 1 fully saturated rings. The minimum Gasteiger partial charge on any atom is -0.497 e. The second-order valence-corrected chi connectivity index (χ2v) is 10.2. The van der Waals surface area contributed by atoms with Crippen LogP contribution in [0.2, 0.25) is 0 Å². The summed E-state index contributed by atoms with van der Waals surface area (Å²) in [6, 6.07) is 6.34. The molecule has 0 bridgehead atoms. The molecular weight excluding hydrogens is 532 g/mol. The summed E-state index contributed by atoms with van der Waals surface area (Å²) >= 11 is 0. The van der Waals surface area contributed by atoms with E-state index in [1.54, 1.807) is 18.2 Å². The average Bonchev–Trinajstić information content (AvgIpc) is 2.94. The molecule has 1 saturated heterocycles. The van der Waals surface area contributed by atoms with Crippen molar-refractivity contribution < 1.29 is 42.0 Å². The summed E-state index contributed by atoms with van der Waals surface area (Å²) in [5, 5.41) is 20.0. The molecule has 0 amide bonds. The molecule has 1 unspecified atom stereocenters. The van der Waals surface area contributed by atoms with E-state index in [1.165, 1.54) is 13.3 Å². The maximum Gasteiger partial charge on any atom is 0.303 e. The molecule has 0 spiro atoms. The number of hydrogen-bond acceptors (Lipinski definition) is 6. The maximum absolute atomic E-state index is 15.9. The molecule has 11 heteroatoms. The number of alkyl halides is 1. The van der Waals surface area contributed by atoms with E-state index in [9.17, 15) is 28.2 Å². The normalized spacial score (nSPS) is 16.1. The summed E-state index contributed by atoms with van der Waals surface area (Å²) in [6.07, 6.45) is 1.24. The number of aromatic nitrogens is 1. The third kappa shape index (κ3) is 6.82. The number of aliphatic carboxylic acids is 1. The van der Waals surface area contributed by atoms with Crippen molar-refractivity contribution >= 4 is 16.9 Å². The summed E-state index contributed by atoms with van der Waals surface area (Å²) in [4.78, 5) is 18.0. The van der Waals surface area contributed by atoms with Crippen molar-refractivity contribution in [2.45, 2.75) is 44.9 Å². The summed E-state index contributed by atoms with van der Waals surface area (Å²) < 4.78 is 67.0.